The van der Waals surface area contributed by atoms with E-state index in [-0.39, 0.29) is 35.9 Å². The molecule has 2 fully saturated rings. The van der Waals surface area contributed by atoms with Crippen LogP contribution < -0.4 is 15.0 Å². The zero-order valence-corrected chi connectivity index (χ0v) is 20.1. The molecule has 0 atom stereocenters. The van der Waals surface area contributed by atoms with E-state index in [1.165, 1.54) is 40.6 Å². The first-order valence-electron chi connectivity index (χ1n) is 12.3. The first-order valence-corrected chi connectivity index (χ1v) is 13.8. The van der Waals surface area contributed by atoms with Gasteiger partial charge in [0.05, 0.1) is 10.6 Å². The van der Waals surface area contributed by atoms with Crippen LogP contribution in [0.3, 0.4) is 0 Å². The van der Waals surface area contributed by atoms with Crippen molar-refractivity contribution in [3.05, 3.63) is 18.2 Å². The van der Waals surface area contributed by atoms with Crippen LogP contribution >= 0.6 is 0 Å². The van der Waals surface area contributed by atoms with Gasteiger partial charge in [-0.05, 0) is 43.9 Å². The number of rotatable bonds is 5. The van der Waals surface area contributed by atoms with E-state index in [0.29, 0.717) is 24.5 Å². The lowest BCUT2D eigenvalue weighted by atomic mass is 9.97. The average molecular weight is 478 g/mol. The lowest BCUT2D eigenvalue weighted by molar-refractivity contribution is -0.125. The summed E-state index contributed by atoms with van der Waals surface area (Å²) in [7, 11) is -3.68. The fourth-order valence-corrected chi connectivity index (χ4v) is 6.50. The number of anilines is 1. The summed E-state index contributed by atoms with van der Waals surface area (Å²) >= 11 is 0. The largest absolute Gasteiger partial charge is 0.482 e. The van der Waals surface area contributed by atoms with Gasteiger partial charge in [0, 0.05) is 19.1 Å². The van der Waals surface area contributed by atoms with Crippen molar-refractivity contribution < 1.29 is 22.7 Å². The highest BCUT2D eigenvalue weighted by Crippen LogP contribution is 2.35. The Morgan fingerprint density at radius 3 is 2.30 bits per heavy atom. The number of ether oxygens (including phenoxy) is 1. The number of nitrogens with zero attached hydrogens (tertiary/aromatic N) is 2. The smallest absolute Gasteiger partial charge is 0.265 e. The first kappa shape index (κ1) is 24.0. The van der Waals surface area contributed by atoms with Crippen molar-refractivity contribution in [3.8, 4) is 5.75 Å². The Morgan fingerprint density at radius 2 is 1.61 bits per heavy atom. The Bertz CT molecular complexity index is 949. The molecule has 2 aliphatic heterocycles. The highest BCUT2D eigenvalue weighted by molar-refractivity contribution is 7.89. The molecule has 1 aliphatic carbocycles. The molecule has 33 heavy (non-hydrogen) atoms. The number of sulfonamides is 1. The highest BCUT2D eigenvalue weighted by Gasteiger charge is 2.32. The van der Waals surface area contributed by atoms with Crippen LogP contribution in [0.1, 0.15) is 70.6 Å². The number of carbonyl (C=O) groups excluding carboxylic acids is 2. The number of carbonyl (C=O) groups is 2. The minimum atomic E-state index is -3.68. The number of fused-ring (bicyclic) bond motifs is 1. The van der Waals surface area contributed by atoms with E-state index >= 15 is 0 Å². The van der Waals surface area contributed by atoms with E-state index < -0.39 is 10.0 Å². The molecule has 1 saturated carbocycles. The summed E-state index contributed by atoms with van der Waals surface area (Å²) < 4.78 is 33.6. The third-order valence-corrected chi connectivity index (χ3v) is 8.74. The fourth-order valence-electron chi connectivity index (χ4n) is 4.96. The van der Waals surface area contributed by atoms with Crippen molar-refractivity contribution in [1.29, 1.82) is 0 Å². The zero-order chi connectivity index (χ0) is 23.3. The Morgan fingerprint density at radius 1 is 0.970 bits per heavy atom. The van der Waals surface area contributed by atoms with E-state index in [1.807, 2.05) is 0 Å². The van der Waals surface area contributed by atoms with Crippen LogP contribution in [0.2, 0.25) is 0 Å². The highest BCUT2D eigenvalue weighted by atomic mass is 32.2. The summed E-state index contributed by atoms with van der Waals surface area (Å²) in [6, 6.07) is 4.73. The van der Waals surface area contributed by atoms with Crippen LogP contribution in [0.4, 0.5) is 5.69 Å². The third-order valence-electron chi connectivity index (χ3n) is 6.85. The molecule has 0 bridgehead atoms. The fraction of sp³-hybridized carbons (Fsp3) is 0.667. The van der Waals surface area contributed by atoms with E-state index in [2.05, 4.69) is 5.32 Å². The van der Waals surface area contributed by atoms with Gasteiger partial charge in [-0.3, -0.25) is 14.5 Å². The number of benzene rings is 1. The van der Waals surface area contributed by atoms with Gasteiger partial charge in [0.2, 0.25) is 15.9 Å². The standard InChI is InChI=1S/C24H35N3O5S/c28-23(25-19-10-6-2-1-3-7-11-19)17-27-21-16-20(12-13-22(21)32-18-24(27)29)33(30,31)26-14-8-4-5-9-15-26/h12-13,16,19H,1-11,14-15,17-18H2,(H,25,28). The molecule has 8 nitrogen and oxygen atoms in total. The second-order valence-corrected chi connectivity index (χ2v) is 11.3. The van der Waals surface area contributed by atoms with E-state index in [9.17, 15) is 18.0 Å². The van der Waals surface area contributed by atoms with E-state index in [0.717, 1.165) is 51.4 Å². The zero-order valence-electron chi connectivity index (χ0n) is 19.3. The Hall–Kier alpha value is -2.13. The predicted molar refractivity (Wildman–Crippen MR) is 126 cm³/mol. The molecule has 9 heteroatoms. The minimum absolute atomic E-state index is 0.128. The summed E-state index contributed by atoms with van der Waals surface area (Å²) in [5.41, 5.74) is 0.343. The van der Waals surface area contributed by atoms with Crippen molar-refractivity contribution in [3.63, 3.8) is 0 Å². The quantitative estimate of drug-likeness (QED) is 0.703. The van der Waals surface area contributed by atoms with Gasteiger partial charge in [0.25, 0.3) is 5.91 Å². The van der Waals surface area contributed by atoms with Crippen molar-refractivity contribution in [2.45, 2.75) is 81.6 Å². The number of amides is 2. The molecule has 0 spiro atoms. The van der Waals surface area contributed by atoms with Gasteiger partial charge < -0.3 is 10.1 Å². The summed E-state index contributed by atoms with van der Waals surface area (Å²) in [5.74, 6) is -0.148. The molecule has 3 aliphatic rings. The van der Waals surface area contributed by atoms with Gasteiger partial charge in [-0.1, -0.05) is 44.9 Å². The summed E-state index contributed by atoms with van der Waals surface area (Å²) in [6.07, 6.45) is 11.5. The molecule has 2 heterocycles. The number of hydrogen-bond donors (Lipinski definition) is 1. The maximum Gasteiger partial charge on any atom is 0.265 e. The Labute approximate surface area is 196 Å². The van der Waals surface area contributed by atoms with Crippen molar-refractivity contribution in [2.75, 3.05) is 31.1 Å². The molecule has 182 valence electrons. The summed E-state index contributed by atoms with van der Waals surface area (Å²) in [6.45, 7) is 0.700. The van der Waals surface area contributed by atoms with Crippen molar-refractivity contribution in [2.24, 2.45) is 0 Å². The first-order chi connectivity index (χ1) is 15.9. The molecule has 1 saturated heterocycles. The van der Waals surface area contributed by atoms with E-state index in [4.69, 9.17) is 4.74 Å². The van der Waals surface area contributed by atoms with Crippen molar-refractivity contribution in [1.82, 2.24) is 9.62 Å². The molecule has 0 radical (unpaired) electrons. The molecular formula is C24H35N3O5S. The molecule has 2 amide bonds. The van der Waals surface area contributed by atoms with Crippen LogP contribution in [-0.4, -0.2) is 56.8 Å². The third kappa shape index (κ3) is 5.87. The van der Waals surface area contributed by atoms with Gasteiger partial charge in [-0.2, -0.15) is 4.31 Å². The van der Waals surface area contributed by atoms with E-state index in [1.54, 1.807) is 6.07 Å². The topological polar surface area (TPSA) is 96.0 Å². The number of nitrogens with one attached hydrogen (secondary N) is 1. The molecule has 0 unspecified atom stereocenters. The van der Waals surface area contributed by atoms with Gasteiger partial charge >= 0.3 is 0 Å². The monoisotopic (exact) mass is 477 g/mol. The lowest BCUT2D eigenvalue weighted by Gasteiger charge is -2.30. The molecule has 1 aromatic carbocycles. The van der Waals surface area contributed by atoms with Crippen LogP contribution in [0.25, 0.3) is 0 Å². The minimum Gasteiger partial charge on any atom is -0.482 e. The predicted octanol–water partition coefficient (Wildman–Crippen LogP) is 3.21. The average Bonchev–Trinajstić information content (AvgIpc) is 3.07. The maximum atomic E-state index is 13.3. The van der Waals surface area contributed by atoms with Crippen molar-refractivity contribution >= 4 is 27.5 Å². The Balaban J connectivity index is 1.51. The Kier molecular flexibility index (Phi) is 7.90. The van der Waals surface area contributed by atoms with Gasteiger partial charge in [0.15, 0.2) is 6.61 Å². The molecule has 1 N–H and O–H groups in total. The summed E-state index contributed by atoms with van der Waals surface area (Å²) in [5, 5.41) is 3.09. The van der Waals surface area contributed by atoms with Crippen LogP contribution in [0.5, 0.6) is 5.75 Å². The van der Waals surface area contributed by atoms with Gasteiger partial charge in [0.1, 0.15) is 12.3 Å². The van der Waals surface area contributed by atoms with Crippen LogP contribution in [-0.2, 0) is 19.6 Å². The summed E-state index contributed by atoms with van der Waals surface area (Å²) in [4.78, 5) is 27.0. The molecule has 4 rings (SSSR count). The van der Waals surface area contributed by atoms with Crippen LogP contribution in [0.15, 0.2) is 23.1 Å². The second-order valence-electron chi connectivity index (χ2n) is 9.33. The SMILES string of the molecule is O=C(CN1C(=O)COc2ccc(S(=O)(=O)N3CCCCCC3)cc21)NC1CCCCCCC1. The normalized spacial score (nSPS) is 21.3. The molecular weight excluding hydrogens is 442 g/mol. The lowest BCUT2D eigenvalue weighted by Crippen LogP contribution is -2.47. The van der Waals surface area contributed by atoms with Gasteiger partial charge in [-0.15, -0.1) is 0 Å². The van der Waals surface area contributed by atoms with Crippen LogP contribution in [0, 0.1) is 0 Å². The maximum absolute atomic E-state index is 13.3. The van der Waals surface area contributed by atoms with Gasteiger partial charge in [-0.25, -0.2) is 8.42 Å². The second kappa shape index (κ2) is 10.9. The molecule has 1 aromatic rings. The molecule has 0 aromatic heterocycles. The number of hydrogen-bond acceptors (Lipinski definition) is 5.